The van der Waals surface area contributed by atoms with E-state index >= 15 is 0 Å². The Kier molecular flexibility index (Phi) is 4.39. The lowest BCUT2D eigenvalue weighted by Crippen LogP contribution is -2.28. The molecule has 0 amide bonds. The van der Waals surface area contributed by atoms with Crippen LogP contribution in [0.1, 0.15) is 0 Å². The lowest BCUT2D eigenvalue weighted by atomic mass is 10.4. The summed E-state index contributed by atoms with van der Waals surface area (Å²) < 4.78 is 38.2. The van der Waals surface area contributed by atoms with Crippen molar-refractivity contribution in [2.75, 3.05) is 19.8 Å². The van der Waals surface area contributed by atoms with E-state index in [4.69, 9.17) is 10.8 Å². The minimum absolute atomic E-state index is 0.0993. The van der Waals surface area contributed by atoms with Gasteiger partial charge in [0.2, 0.25) is 0 Å². The van der Waals surface area contributed by atoms with Crippen LogP contribution in [0.15, 0.2) is 0 Å². The first-order valence-electron chi connectivity index (χ1n) is 2.98. The third-order valence-corrected chi connectivity index (χ3v) is 0.848. The maximum Gasteiger partial charge on any atom is 0.411 e. The zero-order valence-corrected chi connectivity index (χ0v) is 5.77. The van der Waals surface area contributed by atoms with Crippen LogP contribution in [0.4, 0.5) is 13.2 Å². The van der Waals surface area contributed by atoms with Gasteiger partial charge >= 0.3 is 6.18 Å². The van der Waals surface area contributed by atoms with Crippen LogP contribution in [0, 0.1) is 0 Å². The Bertz CT molecular complexity index is 106. The van der Waals surface area contributed by atoms with Gasteiger partial charge in [-0.05, 0) is 0 Å². The second-order valence-corrected chi connectivity index (χ2v) is 2.02. The maximum absolute atomic E-state index is 11.4. The van der Waals surface area contributed by atoms with E-state index in [-0.39, 0.29) is 13.2 Å². The molecule has 0 saturated heterocycles. The summed E-state index contributed by atoms with van der Waals surface area (Å²) in [6, 6.07) is 0. The molecule has 0 radical (unpaired) electrons. The van der Waals surface area contributed by atoms with Crippen molar-refractivity contribution in [2.24, 2.45) is 5.73 Å². The van der Waals surface area contributed by atoms with Crippen LogP contribution in [0.5, 0.6) is 0 Å². The molecular weight excluding hydrogens is 163 g/mol. The molecule has 0 unspecified atom stereocenters. The Morgan fingerprint density at radius 1 is 1.45 bits per heavy atom. The van der Waals surface area contributed by atoms with Gasteiger partial charge in [0.15, 0.2) is 0 Å². The van der Waals surface area contributed by atoms with Gasteiger partial charge in [0, 0.05) is 6.54 Å². The van der Waals surface area contributed by atoms with Crippen molar-refractivity contribution in [3.63, 3.8) is 0 Å². The fourth-order valence-electron chi connectivity index (χ4n) is 0.379. The quantitative estimate of drug-likeness (QED) is 0.623. The predicted octanol–water partition coefficient (Wildman–Crippen LogP) is -0.115. The summed E-state index contributed by atoms with van der Waals surface area (Å²) in [5, 5.41) is 8.64. The lowest BCUT2D eigenvalue weighted by Gasteiger charge is -2.10. The van der Waals surface area contributed by atoms with Crippen molar-refractivity contribution >= 4 is 0 Å². The van der Waals surface area contributed by atoms with Gasteiger partial charge in [-0.3, -0.25) is 0 Å². The van der Waals surface area contributed by atoms with Crippen LogP contribution in [-0.4, -0.2) is 37.1 Å². The van der Waals surface area contributed by atoms with Gasteiger partial charge in [-0.15, -0.1) is 0 Å². The van der Waals surface area contributed by atoms with E-state index in [0.29, 0.717) is 0 Å². The van der Waals surface area contributed by atoms with E-state index in [1.165, 1.54) is 0 Å². The highest BCUT2D eigenvalue weighted by molar-refractivity contribution is 4.54. The molecular formula is C5H10F3NO2. The van der Waals surface area contributed by atoms with Crippen molar-refractivity contribution < 1.29 is 23.0 Å². The number of alkyl halides is 3. The van der Waals surface area contributed by atoms with Gasteiger partial charge in [-0.25, -0.2) is 0 Å². The Morgan fingerprint density at radius 2 is 2.00 bits per heavy atom. The number of ether oxygens (including phenoxy) is 1. The van der Waals surface area contributed by atoms with Crippen molar-refractivity contribution in [3.8, 4) is 0 Å². The van der Waals surface area contributed by atoms with Crippen LogP contribution < -0.4 is 5.73 Å². The number of hydrogen-bond acceptors (Lipinski definition) is 3. The highest BCUT2D eigenvalue weighted by Gasteiger charge is 2.27. The fourth-order valence-corrected chi connectivity index (χ4v) is 0.379. The average Bonchev–Trinajstić information content (AvgIpc) is 1.85. The number of rotatable bonds is 4. The molecule has 0 bridgehead atoms. The minimum atomic E-state index is -4.34. The monoisotopic (exact) mass is 173 g/mol. The molecule has 0 fully saturated rings. The molecule has 0 aliphatic rings. The number of nitrogens with two attached hydrogens (primary N) is 1. The average molecular weight is 173 g/mol. The summed E-state index contributed by atoms with van der Waals surface area (Å²) in [7, 11) is 0. The van der Waals surface area contributed by atoms with Crippen LogP contribution in [0.2, 0.25) is 0 Å². The second-order valence-electron chi connectivity index (χ2n) is 2.02. The molecule has 0 aliphatic heterocycles. The molecule has 0 aliphatic carbocycles. The Labute approximate surface area is 61.9 Å². The number of hydrogen-bond donors (Lipinski definition) is 2. The normalized spacial score (nSPS) is 15.0. The van der Waals surface area contributed by atoms with Gasteiger partial charge in [0.25, 0.3) is 0 Å². The topological polar surface area (TPSA) is 55.5 Å². The summed E-state index contributed by atoms with van der Waals surface area (Å²) in [5.74, 6) is 0. The van der Waals surface area contributed by atoms with Crippen molar-refractivity contribution in [2.45, 2.75) is 12.3 Å². The van der Waals surface area contributed by atoms with Gasteiger partial charge in [-0.2, -0.15) is 13.2 Å². The van der Waals surface area contributed by atoms with Gasteiger partial charge < -0.3 is 15.6 Å². The Hall–Kier alpha value is -0.330. The molecule has 1 atom stereocenters. The summed E-state index contributed by atoms with van der Waals surface area (Å²) in [4.78, 5) is 0. The summed E-state index contributed by atoms with van der Waals surface area (Å²) in [6.45, 7) is -1.82. The lowest BCUT2D eigenvalue weighted by molar-refractivity contribution is -0.178. The summed E-state index contributed by atoms with van der Waals surface area (Å²) in [6.07, 6.45) is -5.36. The van der Waals surface area contributed by atoms with Crippen LogP contribution in [0.25, 0.3) is 0 Å². The molecule has 0 aromatic heterocycles. The van der Waals surface area contributed by atoms with Crippen molar-refractivity contribution in [1.29, 1.82) is 0 Å². The standard InChI is InChI=1S/C5H10F3NO2/c6-5(7,8)3-11-2-4(10)1-9/h4,10H,1-3,9H2/t4-/m0/s1. The van der Waals surface area contributed by atoms with E-state index in [0.717, 1.165) is 0 Å². The Morgan fingerprint density at radius 3 is 2.36 bits per heavy atom. The molecule has 0 rings (SSSR count). The van der Waals surface area contributed by atoms with E-state index < -0.39 is 18.9 Å². The maximum atomic E-state index is 11.4. The number of halogens is 3. The summed E-state index contributed by atoms with van der Waals surface area (Å²) in [5.41, 5.74) is 4.91. The van der Waals surface area contributed by atoms with Gasteiger partial charge in [-0.1, -0.05) is 0 Å². The molecule has 3 N–H and O–H groups in total. The van der Waals surface area contributed by atoms with Crippen LogP contribution in [0.3, 0.4) is 0 Å². The Balaban J connectivity index is 3.28. The van der Waals surface area contributed by atoms with Gasteiger partial charge in [0.05, 0.1) is 12.7 Å². The molecule has 0 heterocycles. The smallest absolute Gasteiger partial charge is 0.389 e. The zero-order chi connectivity index (χ0) is 8.91. The fraction of sp³-hybridized carbons (Fsp3) is 1.00. The van der Waals surface area contributed by atoms with Crippen molar-refractivity contribution in [3.05, 3.63) is 0 Å². The van der Waals surface area contributed by atoms with E-state index in [2.05, 4.69) is 4.74 Å². The highest BCUT2D eigenvalue weighted by Crippen LogP contribution is 2.14. The first-order chi connectivity index (χ1) is 4.95. The van der Waals surface area contributed by atoms with Crippen LogP contribution >= 0.6 is 0 Å². The molecule has 6 heteroatoms. The molecule has 0 aromatic carbocycles. The molecule has 68 valence electrons. The minimum Gasteiger partial charge on any atom is -0.389 e. The third kappa shape index (κ3) is 7.57. The predicted molar refractivity (Wildman–Crippen MR) is 31.9 cm³/mol. The van der Waals surface area contributed by atoms with Crippen molar-refractivity contribution in [1.82, 2.24) is 0 Å². The first kappa shape index (κ1) is 10.7. The zero-order valence-electron chi connectivity index (χ0n) is 5.77. The molecule has 0 spiro atoms. The van der Waals surface area contributed by atoms with Gasteiger partial charge in [0.1, 0.15) is 6.61 Å². The van der Waals surface area contributed by atoms with Crippen LogP contribution in [-0.2, 0) is 4.74 Å². The molecule has 0 aromatic rings. The van der Waals surface area contributed by atoms with E-state index in [1.807, 2.05) is 0 Å². The number of aliphatic hydroxyl groups excluding tert-OH is 1. The molecule has 11 heavy (non-hydrogen) atoms. The van der Waals surface area contributed by atoms with E-state index in [1.54, 1.807) is 0 Å². The molecule has 3 nitrogen and oxygen atoms in total. The highest BCUT2D eigenvalue weighted by atomic mass is 19.4. The number of aliphatic hydroxyl groups is 1. The second kappa shape index (κ2) is 4.53. The molecule has 0 saturated carbocycles. The summed E-state index contributed by atoms with van der Waals surface area (Å²) >= 11 is 0. The SMILES string of the molecule is NC[C@H](O)COCC(F)(F)F. The largest absolute Gasteiger partial charge is 0.411 e. The van der Waals surface area contributed by atoms with E-state index in [9.17, 15) is 13.2 Å². The third-order valence-electron chi connectivity index (χ3n) is 0.848. The first-order valence-corrected chi connectivity index (χ1v) is 2.98.